The Bertz CT molecular complexity index is 1410. The Hall–Kier alpha value is -4.06. The van der Waals surface area contributed by atoms with Gasteiger partial charge in [-0.3, -0.25) is 14.5 Å². The van der Waals surface area contributed by atoms with E-state index < -0.39 is 17.7 Å². The summed E-state index contributed by atoms with van der Waals surface area (Å²) in [5, 5.41) is 11.8. The van der Waals surface area contributed by atoms with Crippen LogP contribution in [0.15, 0.2) is 66.2 Å². The van der Waals surface area contributed by atoms with Crippen molar-refractivity contribution in [2.24, 2.45) is 0 Å². The smallest absolute Gasteiger partial charge is 0.300 e. The summed E-state index contributed by atoms with van der Waals surface area (Å²) in [5.74, 6) is -0.854. The second-order valence-corrected chi connectivity index (χ2v) is 10.3. The number of aliphatic hydroxyl groups is 1. The Morgan fingerprint density at radius 1 is 0.892 bits per heavy atom. The van der Waals surface area contributed by atoms with Gasteiger partial charge in [0, 0.05) is 11.3 Å². The minimum Gasteiger partial charge on any atom is -0.507 e. The van der Waals surface area contributed by atoms with E-state index in [1.54, 1.807) is 19.2 Å². The molecular formula is C31H33NO5. The Balaban J connectivity index is 2.06. The number of rotatable bonds is 5. The number of benzene rings is 3. The summed E-state index contributed by atoms with van der Waals surface area (Å²) in [4.78, 5) is 28.8. The molecule has 3 aromatic carbocycles. The lowest BCUT2D eigenvalue weighted by molar-refractivity contribution is -0.132. The van der Waals surface area contributed by atoms with Crippen LogP contribution in [0.25, 0.3) is 5.76 Å². The highest BCUT2D eigenvalue weighted by Gasteiger charge is 2.48. The minimum atomic E-state index is -0.903. The van der Waals surface area contributed by atoms with Gasteiger partial charge in [0.25, 0.3) is 11.7 Å². The average Bonchev–Trinajstić information content (AvgIpc) is 3.14. The molecule has 0 saturated carbocycles. The molecule has 3 aromatic rings. The fourth-order valence-corrected chi connectivity index (χ4v) is 4.77. The number of para-hydroxylation sites is 1. The number of anilines is 1. The molecule has 0 aromatic heterocycles. The first-order chi connectivity index (χ1) is 17.5. The maximum atomic E-state index is 13.7. The average molecular weight is 500 g/mol. The molecule has 1 N–H and O–H groups in total. The summed E-state index contributed by atoms with van der Waals surface area (Å²) in [6.07, 6.45) is 0. The molecule has 1 fully saturated rings. The van der Waals surface area contributed by atoms with Crippen LogP contribution >= 0.6 is 0 Å². The van der Waals surface area contributed by atoms with Crippen LogP contribution < -0.4 is 14.4 Å². The second-order valence-electron chi connectivity index (χ2n) is 10.3. The summed E-state index contributed by atoms with van der Waals surface area (Å²) in [6, 6.07) is 17.5. The van der Waals surface area contributed by atoms with Crippen LogP contribution in [0.4, 0.5) is 5.69 Å². The third kappa shape index (κ3) is 4.48. The number of nitrogens with zero attached hydrogens (tertiary/aromatic N) is 1. The van der Waals surface area contributed by atoms with Gasteiger partial charge < -0.3 is 14.6 Å². The first kappa shape index (κ1) is 26.0. The summed E-state index contributed by atoms with van der Waals surface area (Å²) in [6.45, 7) is 10.1. The lowest BCUT2D eigenvalue weighted by atomic mass is 9.85. The number of ketones is 1. The zero-order chi connectivity index (χ0) is 27.1. The van der Waals surface area contributed by atoms with E-state index in [1.807, 2.05) is 62.4 Å². The van der Waals surface area contributed by atoms with Crippen molar-refractivity contribution < 1.29 is 24.2 Å². The number of ether oxygens (including phenoxy) is 2. The van der Waals surface area contributed by atoms with Gasteiger partial charge in [-0.1, -0.05) is 57.2 Å². The third-order valence-corrected chi connectivity index (χ3v) is 7.03. The van der Waals surface area contributed by atoms with Crippen molar-refractivity contribution >= 4 is 23.1 Å². The van der Waals surface area contributed by atoms with Crippen LogP contribution in [0.5, 0.6) is 11.5 Å². The highest BCUT2D eigenvalue weighted by Crippen LogP contribution is 2.47. The van der Waals surface area contributed by atoms with Crippen LogP contribution in [0.1, 0.15) is 54.6 Å². The monoisotopic (exact) mass is 499 g/mol. The van der Waals surface area contributed by atoms with Gasteiger partial charge >= 0.3 is 0 Å². The van der Waals surface area contributed by atoms with Crippen LogP contribution in [-0.4, -0.2) is 31.0 Å². The van der Waals surface area contributed by atoms with Crippen molar-refractivity contribution in [1.29, 1.82) is 0 Å². The van der Waals surface area contributed by atoms with E-state index in [2.05, 4.69) is 20.8 Å². The Morgan fingerprint density at radius 2 is 1.57 bits per heavy atom. The van der Waals surface area contributed by atoms with E-state index >= 15 is 0 Å². The molecule has 6 heteroatoms. The van der Waals surface area contributed by atoms with Crippen molar-refractivity contribution in [3.05, 3.63) is 94.1 Å². The molecule has 1 heterocycles. The first-order valence-corrected chi connectivity index (χ1v) is 12.2. The lowest BCUT2D eigenvalue weighted by Crippen LogP contribution is -2.30. The maximum Gasteiger partial charge on any atom is 0.300 e. The van der Waals surface area contributed by atoms with Crippen molar-refractivity contribution in [3.8, 4) is 11.5 Å². The van der Waals surface area contributed by atoms with Gasteiger partial charge in [0.1, 0.15) is 17.3 Å². The molecule has 0 aliphatic carbocycles. The van der Waals surface area contributed by atoms with Gasteiger partial charge in [0.2, 0.25) is 0 Å². The molecular weight excluding hydrogens is 466 g/mol. The number of hydrogen-bond acceptors (Lipinski definition) is 5. The lowest BCUT2D eigenvalue weighted by Gasteiger charge is -2.28. The third-order valence-electron chi connectivity index (χ3n) is 7.03. The molecule has 0 spiro atoms. The van der Waals surface area contributed by atoms with Crippen LogP contribution in [0, 0.1) is 13.8 Å². The van der Waals surface area contributed by atoms with Crippen LogP contribution in [0.2, 0.25) is 0 Å². The van der Waals surface area contributed by atoms with E-state index in [4.69, 9.17) is 9.47 Å². The van der Waals surface area contributed by atoms with E-state index in [0.29, 0.717) is 28.3 Å². The Kier molecular flexibility index (Phi) is 6.87. The zero-order valence-corrected chi connectivity index (χ0v) is 22.4. The molecule has 1 atom stereocenters. The normalized spacial score (nSPS) is 17.3. The minimum absolute atomic E-state index is 0.0141. The Labute approximate surface area is 218 Å². The highest BCUT2D eigenvalue weighted by atomic mass is 16.5. The van der Waals surface area contributed by atoms with Crippen LogP contribution in [-0.2, 0) is 15.0 Å². The molecule has 1 aliphatic rings. The molecule has 1 unspecified atom stereocenters. The number of hydrogen-bond donors (Lipinski definition) is 1. The van der Waals surface area contributed by atoms with Gasteiger partial charge in [-0.25, -0.2) is 0 Å². The number of amides is 1. The molecule has 1 saturated heterocycles. The van der Waals surface area contributed by atoms with Crippen molar-refractivity contribution in [3.63, 3.8) is 0 Å². The zero-order valence-electron chi connectivity index (χ0n) is 22.4. The van der Waals surface area contributed by atoms with Crippen LogP contribution in [0.3, 0.4) is 0 Å². The number of aryl methyl sites for hydroxylation is 1. The summed E-state index contributed by atoms with van der Waals surface area (Å²) in [5.41, 5.74) is 4.13. The fourth-order valence-electron chi connectivity index (χ4n) is 4.77. The topological polar surface area (TPSA) is 76.1 Å². The summed E-state index contributed by atoms with van der Waals surface area (Å²) >= 11 is 0. The largest absolute Gasteiger partial charge is 0.507 e. The number of methoxy groups -OCH3 is 2. The number of carbonyl (C=O) groups is 2. The van der Waals surface area contributed by atoms with E-state index in [-0.39, 0.29) is 16.7 Å². The van der Waals surface area contributed by atoms with Gasteiger partial charge in [-0.15, -0.1) is 0 Å². The van der Waals surface area contributed by atoms with Crippen molar-refractivity contribution in [2.45, 2.75) is 46.1 Å². The van der Waals surface area contributed by atoms with E-state index in [0.717, 1.165) is 16.7 Å². The first-order valence-electron chi connectivity index (χ1n) is 12.2. The SMILES string of the molecule is COc1ccc(C(C)(C)C)cc1/C(O)=C1\C(=O)C(=O)N(c2cccc(C)c2C)C1c1ccccc1OC. The van der Waals surface area contributed by atoms with Crippen molar-refractivity contribution in [2.75, 3.05) is 19.1 Å². The predicted octanol–water partition coefficient (Wildman–Crippen LogP) is 6.24. The molecule has 1 amide bonds. The van der Waals surface area contributed by atoms with Gasteiger partial charge in [0.15, 0.2) is 0 Å². The standard InChI is InChI=1S/C31H33NO5/c1-18-11-10-13-23(19(18)2)32-27(21-12-8-9-14-24(21)36-6)26(29(34)30(32)35)28(33)22-17-20(31(3,4)5)15-16-25(22)37-7/h8-17,27,33H,1-7H3/b28-26+. The van der Waals surface area contributed by atoms with Gasteiger partial charge in [0.05, 0.1) is 31.4 Å². The van der Waals surface area contributed by atoms with Crippen molar-refractivity contribution in [1.82, 2.24) is 0 Å². The summed E-state index contributed by atoms with van der Waals surface area (Å²) in [7, 11) is 3.05. The summed E-state index contributed by atoms with van der Waals surface area (Å²) < 4.78 is 11.2. The molecule has 6 nitrogen and oxygen atoms in total. The Morgan fingerprint density at radius 3 is 2.22 bits per heavy atom. The number of Topliss-reactive ketones (excluding diaryl/α,β-unsaturated/α-hetero) is 1. The van der Waals surface area contributed by atoms with E-state index in [9.17, 15) is 14.7 Å². The second kappa shape index (κ2) is 9.77. The molecule has 1 aliphatic heterocycles. The predicted molar refractivity (Wildman–Crippen MR) is 145 cm³/mol. The van der Waals surface area contributed by atoms with Gasteiger partial charge in [-0.2, -0.15) is 0 Å². The number of carbonyl (C=O) groups excluding carboxylic acids is 2. The van der Waals surface area contributed by atoms with E-state index in [1.165, 1.54) is 12.0 Å². The maximum absolute atomic E-state index is 13.7. The molecule has 0 radical (unpaired) electrons. The fraction of sp³-hybridized carbons (Fsp3) is 0.290. The number of aliphatic hydroxyl groups excluding tert-OH is 1. The molecule has 37 heavy (non-hydrogen) atoms. The molecule has 192 valence electrons. The highest BCUT2D eigenvalue weighted by molar-refractivity contribution is 6.52. The molecule has 0 bridgehead atoms. The quantitative estimate of drug-likeness (QED) is 0.255. The molecule has 4 rings (SSSR count). The van der Waals surface area contributed by atoms with Gasteiger partial charge in [-0.05, 0) is 60.2 Å².